The smallest absolute Gasteiger partial charge is 0.110 e. The lowest BCUT2D eigenvalue weighted by Gasteiger charge is -2.07. The van der Waals surface area contributed by atoms with E-state index in [4.69, 9.17) is 22.3 Å². The minimum Gasteiger partial charge on any atom is -0.330 e. The molecule has 1 saturated carbocycles. The highest BCUT2D eigenvalue weighted by atomic mass is 35.5. The van der Waals surface area contributed by atoms with Crippen molar-refractivity contribution in [3.63, 3.8) is 0 Å². The maximum Gasteiger partial charge on any atom is 0.110 e. The lowest BCUT2D eigenvalue weighted by atomic mass is 10.2. The summed E-state index contributed by atoms with van der Waals surface area (Å²) < 4.78 is 2.39. The average molecular weight is 264 g/mol. The van der Waals surface area contributed by atoms with Crippen LogP contribution >= 0.6 is 11.6 Å². The van der Waals surface area contributed by atoms with Crippen molar-refractivity contribution in [2.24, 2.45) is 5.73 Å². The van der Waals surface area contributed by atoms with Crippen LogP contribution in [0.5, 0.6) is 0 Å². The average Bonchev–Trinajstić information content (AvgIpc) is 3.12. The third kappa shape index (κ3) is 2.25. The molecule has 1 fully saturated rings. The van der Waals surface area contributed by atoms with E-state index in [2.05, 4.69) is 4.57 Å². The van der Waals surface area contributed by atoms with Crippen molar-refractivity contribution in [1.82, 2.24) is 9.55 Å². The third-order valence-corrected chi connectivity index (χ3v) is 3.73. The second kappa shape index (κ2) is 4.90. The first-order valence-electron chi connectivity index (χ1n) is 6.66. The van der Waals surface area contributed by atoms with Crippen LogP contribution < -0.4 is 5.73 Å². The summed E-state index contributed by atoms with van der Waals surface area (Å²) in [5.41, 5.74) is 7.80. The SMILES string of the molecule is NCCCCc1nc2ccc(Cl)cc2n1C1CC1. The van der Waals surface area contributed by atoms with Crippen LogP contribution in [0.25, 0.3) is 11.0 Å². The molecule has 1 aromatic heterocycles. The van der Waals surface area contributed by atoms with Gasteiger partial charge < -0.3 is 10.3 Å². The van der Waals surface area contributed by atoms with Gasteiger partial charge in [0.15, 0.2) is 0 Å². The number of benzene rings is 1. The van der Waals surface area contributed by atoms with Crippen molar-refractivity contribution in [1.29, 1.82) is 0 Å². The number of rotatable bonds is 5. The van der Waals surface area contributed by atoms with Crippen molar-refractivity contribution in [3.8, 4) is 0 Å². The quantitative estimate of drug-likeness (QED) is 0.841. The van der Waals surface area contributed by atoms with Crippen molar-refractivity contribution in [3.05, 3.63) is 29.0 Å². The molecule has 0 spiro atoms. The summed E-state index contributed by atoms with van der Waals surface area (Å²) in [7, 11) is 0. The zero-order valence-corrected chi connectivity index (χ0v) is 11.2. The van der Waals surface area contributed by atoms with Crippen molar-refractivity contribution in [2.45, 2.75) is 38.1 Å². The molecular formula is C14H18ClN3. The number of fused-ring (bicyclic) bond motifs is 1. The molecule has 4 heteroatoms. The van der Waals surface area contributed by atoms with E-state index in [1.165, 1.54) is 24.2 Å². The minimum absolute atomic E-state index is 0.640. The molecule has 1 aliphatic rings. The first-order valence-corrected chi connectivity index (χ1v) is 7.04. The van der Waals surface area contributed by atoms with Crippen LogP contribution in [0.2, 0.25) is 5.02 Å². The van der Waals surface area contributed by atoms with Gasteiger partial charge in [-0.1, -0.05) is 11.6 Å². The van der Waals surface area contributed by atoms with E-state index in [0.29, 0.717) is 6.04 Å². The highest BCUT2D eigenvalue weighted by Crippen LogP contribution is 2.39. The van der Waals surface area contributed by atoms with Crippen LogP contribution in [0.3, 0.4) is 0 Å². The molecule has 0 aliphatic heterocycles. The number of aromatic nitrogens is 2. The van der Waals surface area contributed by atoms with Gasteiger partial charge in [-0.3, -0.25) is 0 Å². The lowest BCUT2D eigenvalue weighted by molar-refractivity contribution is 0.652. The van der Waals surface area contributed by atoms with Crippen molar-refractivity contribution in [2.75, 3.05) is 6.54 Å². The van der Waals surface area contributed by atoms with Gasteiger partial charge in [0.2, 0.25) is 0 Å². The summed E-state index contributed by atoms with van der Waals surface area (Å²) in [6.45, 7) is 0.759. The number of halogens is 1. The van der Waals surface area contributed by atoms with Crippen molar-refractivity contribution < 1.29 is 0 Å². The minimum atomic E-state index is 0.640. The molecule has 18 heavy (non-hydrogen) atoms. The summed E-state index contributed by atoms with van der Waals surface area (Å²) in [5.74, 6) is 1.20. The molecule has 0 saturated heterocycles. The van der Waals surface area contributed by atoms with Crippen LogP contribution in [-0.2, 0) is 6.42 Å². The normalized spacial score (nSPS) is 15.4. The molecule has 2 N–H and O–H groups in total. The maximum absolute atomic E-state index is 6.09. The van der Waals surface area contributed by atoms with Gasteiger partial charge in [0, 0.05) is 17.5 Å². The summed E-state index contributed by atoms with van der Waals surface area (Å²) in [6, 6.07) is 6.61. The lowest BCUT2D eigenvalue weighted by Crippen LogP contribution is -2.04. The topological polar surface area (TPSA) is 43.8 Å². The largest absolute Gasteiger partial charge is 0.330 e. The monoisotopic (exact) mass is 263 g/mol. The Balaban J connectivity index is 1.98. The summed E-state index contributed by atoms with van der Waals surface area (Å²) in [4.78, 5) is 4.75. The van der Waals surface area contributed by atoms with Crippen LogP contribution in [0.4, 0.5) is 0 Å². The Kier molecular flexibility index (Phi) is 3.27. The predicted molar refractivity (Wildman–Crippen MR) is 75.0 cm³/mol. The van der Waals surface area contributed by atoms with Gasteiger partial charge in [-0.15, -0.1) is 0 Å². The molecule has 1 aliphatic carbocycles. The number of nitrogens with two attached hydrogens (primary N) is 1. The number of hydrogen-bond donors (Lipinski definition) is 1. The summed E-state index contributed by atoms with van der Waals surface area (Å²) in [6.07, 6.45) is 5.72. The highest BCUT2D eigenvalue weighted by Gasteiger charge is 2.27. The van der Waals surface area contributed by atoms with Crippen LogP contribution in [0.15, 0.2) is 18.2 Å². The van der Waals surface area contributed by atoms with Crippen LogP contribution in [-0.4, -0.2) is 16.1 Å². The number of nitrogens with zero attached hydrogens (tertiary/aromatic N) is 2. The fourth-order valence-corrected chi connectivity index (χ4v) is 2.63. The number of hydrogen-bond acceptors (Lipinski definition) is 2. The molecule has 96 valence electrons. The Bertz CT molecular complexity index is 557. The summed E-state index contributed by atoms with van der Waals surface area (Å²) in [5, 5.41) is 0.790. The molecule has 0 unspecified atom stereocenters. The molecule has 3 nitrogen and oxygen atoms in total. The van der Waals surface area contributed by atoms with Crippen molar-refractivity contribution >= 4 is 22.6 Å². The Morgan fingerprint density at radius 3 is 2.89 bits per heavy atom. The Hall–Kier alpha value is -1.06. The molecular weight excluding hydrogens is 246 g/mol. The zero-order chi connectivity index (χ0) is 12.5. The van der Waals surface area contributed by atoms with Crippen LogP contribution in [0, 0.1) is 0 Å². The third-order valence-electron chi connectivity index (χ3n) is 3.49. The maximum atomic E-state index is 6.09. The predicted octanol–water partition coefficient (Wildman–Crippen LogP) is 3.31. The molecule has 0 bridgehead atoms. The van der Waals surface area contributed by atoms with Gasteiger partial charge in [-0.25, -0.2) is 4.98 Å². The zero-order valence-electron chi connectivity index (χ0n) is 10.4. The molecule has 3 rings (SSSR count). The van der Waals surface area contributed by atoms with E-state index in [1.807, 2.05) is 18.2 Å². The van der Waals surface area contributed by atoms with Gasteiger partial charge in [0.25, 0.3) is 0 Å². The van der Waals surface area contributed by atoms with E-state index in [-0.39, 0.29) is 0 Å². The van der Waals surface area contributed by atoms with E-state index >= 15 is 0 Å². The number of unbranched alkanes of at least 4 members (excludes halogenated alkanes) is 1. The van der Waals surface area contributed by atoms with Gasteiger partial charge in [0.1, 0.15) is 5.82 Å². The van der Waals surface area contributed by atoms with E-state index < -0.39 is 0 Å². The first-order chi connectivity index (χ1) is 8.79. The van der Waals surface area contributed by atoms with Gasteiger partial charge in [0.05, 0.1) is 11.0 Å². The number of aryl methyl sites for hydroxylation is 1. The molecule has 0 amide bonds. The van der Waals surface area contributed by atoms with Crippen LogP contribution in [0.1, 0.15) is 37.5 Å². The molecule has 1 aromatic carbocycles. The van der Waals surface area contributed by atoms with E-state index in [9.17, 15) is 0 Å². The molecule has 1 heterocycles. The fourth-order valence-electron chi connectivity index (χ4n) is 2.46. The highest BCUT2D eigenvalue weighted by molar-refractivity contribution is 6.31. The van der Waals surface area contributed by atoms with Gasteiger partial charge in [-0.05, 0) is 50.4 Å². The Morgan fingerprint density at radius 2 is 2.17 bits per heavy atom. The molecule has 0 atom stereocenters. The number of imidazole rings is 1. The first kappa shape index (κ1) is 12.0. The van der Waals surface area contributed by atoms with Gasteiger partial charge >= 0.3 is 0 Å². The van der Waals surface area contributed by atoms with E-state index in [0.717, 1.165) is 36.3 Å². The second-order valence-electron chi connectivity index (χ2n) is 5.01. The standard InChI is InChI=1S/C14H18ClN3/c15-10-4-7-12-13(9-10)18(11-5-6-11)14(17-12)3-1-2-8-16/h4,7,9,11H,1-3,5-6,8,16H2. The Labute approximate surface area is 112 Å². The molecule has 2 aromatic rings. The second-order valence-corrected chi connectivity index (χ2v) is 5.44. The molecule has 0 radical (unpaired) electrons. The van der Waals surface area contributed by atoms with Gasteiger partial charge in [-0.2, -0.15) is 0 Å². The summed E-state index contributed by atoms with van der Waals surface area (Å²) >= 11 is 6.09. The fraction of sp³-hybridized carbons (Fsp3) is 0.500. The van der Waals surface area contributed by atoms with E-state index in [1.54, 1.807) is 0 Å². The Morgan fingerprint density at radius 1 is 1.33 bits per heavy atom.